The molecule has 27 heavy (non-hydrogen) atoms. The van der Waals surface area contributed by atoms with Crippen LogP contribution in [0.4, 0.5) is 10.5 Å². The Labute approximate surface area is 163 Å². The van der Waals surface area contributed by atoms with E-state index in [1.54, 1.807) is 0 Å². The Morgan fingerprint density at radius 1 is 1.07 bits per heavy atom. The number of rotatable bonds is 8. The van der Waals surface area contributed by atoms with Crippen LogP contribution >= 0.6 is 0 Å². The van der Waals surface area contributed by atoms with Gasteiger partial charge in [-0.1, -0.05) is 26.2 Å². The molecule has 1 aliphatic carbocycles. The second-order valence-corrected chi connectivity index (χ2v) is 7.74. The van der Waals surface area contributed by atoms with E-state index in [-0.39, 0.29) is 12.2 Å². The number of nitrogens with zero attached hydrogens (tertiary/aromatic N) is 1. The second-order valence-electron chi connectivity index (χ2n) is 7.74. The van der Waals surface area contributed by atoms with E-state index in [0.29, 0.717) is 6.04 Å². The van der Waals surface area contributed by atoms with Crippen LogP contribution in [0.25, 0.3) is 0 Å². The number of likely N-dealkylation sites (tertiary alicyclic amines) is 1. The normalized spacial score (nSPS) is 23.1. The fraction of sp³-hybridized carbons (Fsp3) is 0.682. The van der Waals surface area contributed by atoms with Crippen molar-refractivity contribution < 1.29 is 14.3 Å². The lowest BCUT2D eigenvalue weighted by atomic mass is 9.91. The van der Waals surface area contributed by atoms with Crippen LogP contribution in [0.5, 0.6) is 5.75 Å². The first-order chi connectivity index (χ1) is 13.3. The average molecular weight is 375 g/mol. The number of benzene rings is 1. The number of anilines is 1. The minimum Gasteiger partial charge on any atom is -0.494 e. The van der Waals surface area contributed by atoms with Crippen molar-refractivity contribution in [2.75, 3.05) is 25.0 Å². The molecule has 3 rings (SSSR count). The molecule has 2 aliphatic rings. The fourth-order valence-corrected chi connectivity index (χ4v) is 4.17. The molecule has 1 aromatic carbocycles. The van der Waals surface area contributed by atoms with Gasteiger partial charge in [0.1, 0.15) is 11.9 Å². The largest absolute Gasteiger partial charge is 0.494 e. The van der Waals surface area contributed by atoms with E-state index in [1.807, 2.05) is 24.3 Å². The third kappa shape index (κ3) is 6.13. The van der Waals surface area contributed by atoms with E-state index in [1.165, 1.54) is 32.1 Å². The van der Waals surface area contributed by atoms with Gasteiger partial charge in [0.15, 0.2) is 0 Å². The summed E-state index contributed by atoms with van der Waals surface area (Å²) in [6.07, 6.45) is 10.1. The second kappa shape index (κ2) is 10.5. The highest BCUT2D eigenvalue weighted by molar-refractivity contribution is 5.84. The Hall–Kier alpha value is -1.75. The van der Waals surface area contributed by atoms with Crippen LogP contribution in [-0.2, 0) is 4.74 Å². The Balaban J connectivity index is 1.46. The van der Waals surface area contributed by atoms with Crippen LogP contribution in [-0.4, -0.2) is 42.8 Å². The lowest BCUT2D eigenvalue weighted by Crippen LogP contribution is -2.46. The summed E-state index contributed by atoms with van der Waals surface area (Å²) < 4.78 is 11.5. The highest BCUT2D eigenvalue weighted by Crippen LogP contribution is 2.28. The summed E-state index contributed by atoms with van der Waals surface area (Å²) in [7, 11) is 0. The lowest BCUT2D eigenvalue weighted by Gasteiger charge is -2.37. The highest BCUT2D eigenvalue weighted by Gasteiger charge is 2.34. The van der Waals surface area contributed by atoms with Crippen molar-refractivity contribution >= 4 is 11.8 Å². The molecule has 1 N–H and O–H groups in total. The quantitative estimate of drug-likeness (QED) is 0.635. The van der Waals surface area contributed by atoms with Gasteiger partial charge in [0.2, 0.25) is 0 Å². The van der Waals surface area contributed by atoms with Crippen molar-refractivity contribution in [3.05, 3.63) is 24.3 Å². The van der Waals surface area contributed by atoms with Crippen molar-refractivity contribution in [1.29, 1.82) is 0 Å². The Kier molecular flexibility index (Phi) is 7.81. The van der Waals surface area contributed by atoms with Crippen LogP contribution < -0.4 is 10.1 Å². The SMILES string of the molecule is CCCCCOc1ccc(NC(=O)O[C@@H]2CCCCC2N2CCCC2)cc1. The number of unbranched alkanes of at least 4 members (excludes halogenated alkanes) is 2. The summed E-state index contributed by atoms with van der Waals surface area (Å²) >= 11 is 0. The van der Waals surface area contributed by atoms with Crippen molar-refractivity contribution in [3.8, 4) is 5.75 Å². The fourth-order valence-electron chi connectivity index (χ4n) is 4.17. The number of ether oxygens (including phenoxy) is 2. The maximum atomic E-state index is 12.4. The predicted octanol–water partition coefficient (Wildman–Crippen LogP) is 5.21. The van der Waals surface area contributed by atoms with Gasteiger partial charge >= 0.3 is 6.09 Å². The molecule has 1 saturated heterocycles. The van der Waals surface area contributed by atoms with Crippen molar-refractivity contribution in [1.82, 2.24) is 4.90 Å². The average Bonchev–Trinajstić information content (AvgIpc) is 3.21. The summed E-state index contributed by atoms with van der Waals surface area (Å²) in [5.41, 5.74) is 0.745. The summed E-state index contributed by atoms with van der Waals surface area (Å²) in [5.74, 6) is 0.839. The van der Waals surface area contributed by atoms with Gasteiger partial charge in [-0.15, -0.1) is 0 Å². The lowest BCUT2D eigenvalue weighted by molar-refractivity contribution is 0.0176. The molecule has 0 spiro atoms. The van der Waals surface area contributed by atoms with Crippen molar-refractivity contribution in [3.63, 3.8) is 0 Å². The summed E-state index contributed by atoms with van der Waals surface area (Å²) in [6.45, 7) is 5.21. The molecule has 2 fully saturated rings. The molecule has 1 aromatic rings. The third-order valence-corrected chi connectivity index (χ3v) is 5.65. The molecule has 2 atom stereocenters. The molecule has 0 radical (unpaired) electrons. The first-order valence-electron chi connectivity index (χ1n) is 10.7. The molecule has 1 aliphatic heterocycles. The van der Waals surface area contributed by atoms with Crippen LogP contribution in [0.2, 0.25) is 0 Å². The van der Waals surface area contributed by atoms with Gasteiger partial charge in [0.05, 0.1) is 6.61 Å². The third-order valence-electron chi connectivity index (χ3n) is 5.65. The topological polar surface area (TPSA) is 50.8 Å². The van der Waals surface area contributed by atoms with Crippen LogP contribution in [0.1, 0.15) is 64.7 Å². The van der Waals surface area contributed by atoms with Gasteiger partial charge in [-0.25, -0.2) is 4.79 Å². The zero-order valence-electron chi connectivity index (χ0n) is 16.6. The molecule has 1 heterocycles. The summed E-state index contributed by atoms with van der Waals surface area (Å²) in [4.78, 5) is 14.9. The van der Waals surface area contributed by atoms with Gasteiger partial charge in [0, 0.05) is 11.7 Å². The van der Waals surface area contributed by atoms with Gasteiger partial charge in [-0.2, -0.15) is 0 Å². The number of carbonyl (C=O) groups is 1. The molecule has 5 heteroatoms. The maximum Gasteiger partial charge on any atom is 0.411 e. The molecule has 1 saturated carbocycles. The summed E-state index contributed by atoms with van der Waals surface area (Å²) in [6, 6.07) is 7.93. The molecule has 0 bridgehead atoms. The number of hydrogen-bond donors (Lipinski definition) is 1. The monoisotopic (exact) mass is 374 g/mol. The Morgan fingerprint density at radius 2 is 1.81 bits per heavy atom. The highest BCUT2D eigenvalue weighted by atomic mass is 16.6. The molecule has 1 amide bonds. The summed E-state index contributed by atoms with van der Waals surface area (Å²) in [5, 5.41) is 2.87. The number of carbonyl (C=O) groups excluding carboxylic acids is 1. The van der Waals surface area contributed by atoms with Gasteiger partial charge < -0.3 is 9.47 Å². The standard InChI is InChI=1S/C22H34N2O3/c1-2-3-8-17-26-19-13-11-18(12-14-19)23-22(25)27-21-10-5-4-9-20(21)24-15-6-7-16-24/h11-14,20-21H,2-10,15-17H2,1H3,(H,23,25)/t20?,21-/m1/s1. The van der Waals surface area contributed by atoms with E-state index in [4.69, 9.17) is 9.47 Å². The molecule has 1 unspecified atom stereocenters. The Bertz CT molecular complexity index is 569. The van der Waals surface area contributed by atoms with E-state index < -0.39 is 0 Å². The van der Waals surface area contributed by atoms with Crippen LogP contribution in [0.3, 0.4) is 0 Å². The molecule has 0 aromatic heterocycles. The van der Waals surface area contributed by atoms with Crippen LogP contribution in [0.15, 0.2) is 24.3 Å². The molecule has 150 valence electrons. The van der Waals surface area contributed by atoms with E-state index in [0.717, 1.165) is 56.8 Å². The smallest absolute Gasteiger partial charge is 0.411 e. The van der Waals surface area contributed by atoms with Gasteiger partial charge in [0.25, 0.3) is 0 Å². The number of amides is 1. The maximum absolute atomic E-state index is 12.4. The first-order valence-corrected chi connectivity index (χ1v) is 10.7. The molecule has 5 nitrogen and oxygen atoms in total. The minimum atomic E-state index is -0.345. The number of hydrogen-bond acceptors (Lipinski definition) is 4. The zero-order valence-corrected chi connectivity index (χ0v) is 16.6. The van der Waals surface area contributed by atoms with E-state index in [9.17, 15) is 4.79 Å². The van der Waals surface area contributed by atoms with E-state index >= 15 is 0 Å². The minimum absolute atomic E-state index is 0.0121. The first kappa shape index (κ1) is 20.0. The predicted molar refractivity (Wildman–Crippen MR) is 108 cm³/mol. The zero-order chi connectivity index (χ0) is 18.9. The van der Waals surface area contributed by atoms with Crippen molar-refractivity contribution in [2.24, 2.45) is 0 Å². The van der Waals surface area contributed by atoms with E-state index in [2.05, 4.69) is 17.1 Å². The van der Waals surface area contributed by atoms with Crippen LogP contribution in [0, 0.1) is 0 Å². The Morgan fingerprint density at radius 3 is 2.56 bits per heavy atom. The number of nitrogens with one attached hydrogen (secondary N) is 1. The van der Waals surface area contributed by atoms with Gasteiger partial charge in [-0.3, -0.25) is 10.2 Å². The van der Waals surface area contributed by atoms with Gasteiger partial charge in [-0.05, 0) is 75.9 Å². The molecular formula is C22H34N2O3. The molecular weight excluding hydrogens is 340 g/mol. The van der Waals surface area contributed by atoms with Crippen molar-refractivity contribution in [2.45, 2.75) is 76.9 Å².